The lowest BCUT2D eigenvalue weighted by Crippen LogP contribution is -2.30. The molecular weight excluding hydrogens is 344 g/mol. The quantitative estimate of drug-likeness (QED) is 0.634. The molecule has 26 heavy (non-hydrogen) atoms. The molecule has 1 aromatic heterocycles. The fraction of sp³-hybridized carbons (Fsp3) is 0.286. The third-order valence-corrected chi connectivity index (χ3v) is 5.39. The highest BCUT2D eigenvalue weighted by molar-refractivity contribution is 7.11. The molecule has 1 N–H and O–H groups in total. The van der Waals surface area contributed by atoms with Gasteiger partial charge in [-0.3, -0.25) is 8.75 Å². The number of nitrogens with one attached hydrogen (secondary N) is 1. The van der Waals surface area contributed by atoms with Crippen molar-refractivity contribution in [2.75, 3.05) is 18.5 Å². The maximum absolute atomic E-state index is 12.9. The van der Waals surface area contributed by atoms with Crippen LogP contribution >= 0.6 is 11.5 Å². The lowest BCUT2D eigenvalue weighted by Gasteiger charge is -2.18. The minimum Gasteiger partial charge on any atom is -0.492 e. The molecule has 0 radical (unpaired) electrons. The summed E-state index contributed by atoms with van der Waals surface area (Å²) in [4.78, 5) is 13.9. The molecule has 1 heterocycles. The van der Waals surface area contributed by atoms with Crippen molar-refractivity contribution in [3.05, 3.63) is 71.0 Å². The molecule has 5 heteroatoms. The van der Waals surface area contributed by atoms with Crippen LogP contribution in [-0.4, -0.2) is 17.1 Å². The molecule has 0 unspecified atom stereocenters. The first-order chi connectivity index (χ1) is 12.5. The first-order valence-corrected chi connectivity index (χ1v) is 9.48. The summed E-state index contributed by atoms with van der Waals surface area (Å²) in [6, 6.07) is 19.7. The van der Waals surface area contributed by atoms with E-state index in [1.54, 1.807) is 0 Å². The van der Waals surface area contributed by atoms with E-state index in [2.05, 4.69) is 5.32 Å². The molecule has 136 valence electrons. The van der Waals surface area contributed by atoms with Gasteiger partial charge in [-0.2, -0.15) is 0 Å². The minimum atomic E-state index is -0.258. The molecule has 3 aromatic rings. The van der Waals surface area contributed by atoms with Crippen LogP contribution in [0.3, 0.4) is 0 Å². The van der Waals surface area contributed by atoms with Gasteiger partial charge in [-0.1, -0.05) is 60.1 Å². The zero-order valence-corrected chi connectivity index (χ0v) is 16.2. The lowest BCUT2D eigenvalue weighted by molar-refractivity contribution is 0.333. The molecule has 0 fully saturated rings. The Morgan fingerprint density at radius 1 is 1.00 bits per heavy atom. The number of anilines is 1. The molecule has 0 atom stereocenters. The molecule has 0 bridgehead atoms. The van der Waals surface area contributed by atoms with Crippen molar-refractivity contribution < 1.29 is 4.74 Å². The zero-order valence-electron chi connectivity index (χ0n) is 15.4. The van der Waals surface area contributed by atoms with Gasteiger partial charge in [0.1, 0.15) is 18.0 Å². The normalized spacial score (nSPS) is 11.3. The molecule has 0 saturated carbocycles. The topological polar surface area (TPSA) is 43.3 Å². The molecule has 4 nitrogen and oxygen atoms in total. The highest BCUT2D eigenvalue weighted by Gasteiger charge is 2.23. The molecule has 0 aliphatic rings. The Labute approximate surface area is 158 Å². The van der Waals surface area contributed by atoms with Gasteiger partial charge in [-0.05, 0) is 38.5 Å². The monoisotopic (exact) mass is 368 g/mol. The summed E-state index contributed by atoms with van der Waals surface area (Å²) in [6.45, 7) is 7.18. The fourth-order valence-electron chi connectivity index (χ4n) is 2.62. The molecule has 0 saturated heterocycles. The standard InChI is InChI=1S/C21H24N2O2S/c1-21(2,3)23-20(24)18(19(26-23)16-10-6-4-7-11-16)22-14-15-25-17-12-8-5-9-13-17/h4-13,22H,14-15H2,1-3H3. The summed E-state index contributed by atoms with van der Waals surface area (Å²) >= 11 is 1.50. The van der Waals surface area contributed by atoms with Crippen LogP contribution in [0.5, 0.6) is 5.75 Å². The Bertz CT molecular complexity index is 893. The van der Waals surface area contributed by atoms with E-state index in [9.17, 15) is 4.79 Å². The van der Waals surface area contributed by atoms with Crippen LogP contribution in [0.4, 0.5) is 5.69 Å². The van der Waals surface area contributed by atoms with Crippen LogP contribution in [0, 0.1) is 0 Å². The van der Waals surface area contributed by atoms with Crippen molar-refractivity contribution in [2.45, 2.75) is 26.3 Å². The Morgan fingerprint density at radius 3 is 2.23 bits per heavy atom. The van der Waals surface area contributed by atoms with Crippen LogP contribution < -0.4 is 15.6 Å². The predicted octanol–water partition coefficient (Wildman–Crippen LogP) is 4.82. The van der Waals surface area contributed by atoms with Crippen molar-refractivity contribution >= 4 is 17.2 Å². The zero-order chi connectivity index (χ0) is 18.6. The molecule has 0 aliphatic carbocycles. The van der Waals surface area contributed by atoms with Gasteiger partial charge >= 0.3 is 0 Å². The van der Waals surface area contributed by atoms with Gasteiger partial charge in [0.15, 0.2) is 0 Å². The van der Waals surface area contributed by atoms with E-state index >= 15 is 0 Å². The first-order valence-electron chi connectivity index (χ1n) is 8.71. The summed E-state index contributed by atoms with van der Waals surface area (Å²) in [6.07, 6.45) is 0. The number of hydrogen-bond acceptors (Lipinski definition) is 4. The maximum atomic E-state index is 12.9. The predicted molar refractivity (Wildman–Crippen MR) is 109 cm³/mol. The highest BCUT2D eigenvalue weighted by atomic mass is 32.1. The van der Waals surface area contributed by atoms with Crippen LogP contribution in [0.1, 0.15) is 20.8 Å². The number of aromatic nitrogens is 1. The molecule has 0 spiro atoms. The summed E-state index contributed by atoms with van der Waals surface area (Å²) < 4.78 is 7.55. The minimum absolute atomic E-state index is 0.0149. The number of rotatable bonds is 6. The van der Waals surface area contributed by atoms with Crippen LogP contribution in [0.25, 0.3) is 10.4 Å². The highest BCUT2D eigenvalue weighted by Crippen LogP contribution is 2.33. The Hall–Kier alpha value is -2.53. The van der Waals surface area contributed by atoms with Gasteiger partial charge < -0.3 is 10.1 Å². The van der Waals surface area contributed by atoms with Gasteiger partial charge in [0.05, 0.1) is 10.4 Å². The largest absolute Gasteiger partial charge is 0.492 e. The molecular formula is C21H24N2O2S. The van der Waals surface area contributed by atoms with Crippen molar-refractivity contribution in [2.24, 2.45) is 0 Å². The van der Waals surface area contributed by atoms with Gasteiger partial charge in [-0.15, -0.1) is 0 Å². The first kappa shape index (κ1) is 18.3. The summed E-state index contributed by atoms with van der Waals surface area (Å²) in [5.41, 5.74) is 1.45. The molecule has 2 aromatic carbocycles. The number of para-hydroxylation sites is 1. The van der Waals surface area contributed by atoms with E-state index in [0.29, 0.717) is 18.8 Å². The Balaban J connectivity index is 1.81. The summed E-state index contributed by atoms with van der Waals surface area (Å²) in [5.74, 6) is 0.829. The second kappa shape index (κ2) is 7.79. The van der Waals surface area contributed by atoms with E-state index in [-0.39, 0.29) is 11.1 Å². The van der Waals surface area contributed by atoms with E-state index in [4.69, 9.17) is 4.74 Å². The van der Waals surface area contributed by atoms with E-state index < -0.39 is 0 Å². The van der Waals surface area contributed by atoms with E-state index in [1.165, 1.54) is 11.5 Å². The van der Waals surface area contributed by atoms with Crippen LogP contribution in [0.2, 0.25) is 0 Å². The SMILES string of the molecule is CC(C)(C)n1sc(-c2ccccc2)c(NCCOc2ccccc2)c1=O. The third-order valence-electron chi connectivity index (χ3n) is 3.87. The average Bonchev–Trinajstić information content (AvgIpc) is 2.97. The third kappa shape index (κ3) is 4.17. The smallest absolute Gasteiger partial charge is 0.285 e. The van der Waals surface area contributed by atoms with Crippen molar-refractivity contribution in [3.63, 3.8) is 0 Å². The molecule has 0 aliphatic heterocycles. The number of hydrogen-bond donors (Lipinski definition) is 1. The lowest BCUT2D eigenvalue weighted by atomic mass is 10.1. The maximum Gasteiger partial charge on any atom is 0.285 e. The Morgan fingerprint density at radius 2 is 1.62 bits per heavy atom. The average molecular weight is 369 g/mol. The number of ether oxygens (including phenoxy) is 1. The summed E-state index contributed by atoms with van der Waals surface area (Å²) in [5, 5.41) is 3.29. The van der Waals surface area contributed by atoms with Gasteiger partial charge in [-0.25, -0.2) is 0 Å². The van der Waals surface area contributed by atoms with Crippen LogP contribution in [0.15, 0.2) is 65.5 Å². The van der Waals surface area contributed by atoms with Crippen LogP contribution in [-0.2, 0) is 5.54 Å². The van der Waals surface area contributed by atoms with E-state index in [1.807, 2.05) is 85.4 Å². The Kier molecular flexibility index (Phi) is 5.47. The number of benzene rings is 2. The van der Waals surface area contributed by atoms with E-state index in [0.717, 1.165) is 16.2 Å². The molecule has 3 rings (SSSR count). The van der Waals surface area contributed by atoms with Gasteiger partial charge in [0, 0.05) is 6.54 Å². The second-order valence-electron chi connectivity index (χ2n) is 7.02. The van der Waals surface area contributed by atoms with Gasteiger partial charge in [0.2, 0.25) is 0 Å². The number of nitrogens with zero attached hydrogens (tertiary/aromatic N) is 1. The molecule has 0 amide bonds. The fourth-order valence-corrected chi connectivity index (χ4v) is 3.75. The van der Waals surface area contributed by atoms with Crippen molar-refractivity contribution in [1.82, 2.24) is 3.96 Å². The summed E-state index contributed by atoms with van der Waals surface area (Å²) in [7, 11) is 0. The second-order valence-corrected chi connectivity index (χ2v) is 7.98. The van der Waals surface area contributed by atoms with Crippen molar-refractivity contribution in [3.8, 4) is 16.2 Å². The van der Waals surface area contributed by atoms with Gasteiger partial charge in [0.25, 0.3) is 5.56 Å². The van der Waals surface area contributed by atoms with Crippen molar-refractivity contribution in [1.29, 1.82) is 0 Å².